The number of anilines is 4. The molecule has 138 valence electrons. The number of nitrogens with one attached hydrogen (secondary N) is 3. The Morgan fingerprint density at radius 1 is 0.786 bits per heavy atom. The molecule has 0 aliphatic heterocycles. The first kappa shape index (κ1) is 17.4. The van der Waals surface area contributed by atoms with Gasteiger partial charge in [-0.1, -0.05) is 18.2 Å². The van der Waals surface area contributed by atoms with Gasteiger partial charge in [0.15, 0.2) is 0 Å². The van der Waals surface area contributed by atoms with Crippen molar-refractivity contribution in [2.24, 2.45) is 0 Å². The Kier molecular flexibility index (Phi) is 4.79. The molecule has 0 saturated heterocycles. The SMILES string of the molecule is O=C(Nc1ccccc1)Nc1ccc2ncnc(Nc3ccc(F)cc3)c2c1. The van der Waals surface area contributed by atoms with Crippen LogP contribution in [0, 0.1) is 5.82 Å². The number of nitrogens with zero attached hydrogens (tertiary/aromatic N) is 2. The minimum Gasteiger partial charge on any atom is -0.340 e. The highest BCUT2D eigenvalue weighted by Gasteiger charge is 2.08. The zero-order chi connectivity index (χ0) is 19.3. The molecule has 0 saturated carbocycles. The average molecular weight is 373 g/mol. The number of fused-ring (bicyclic) bond motifs is 1. The third kappa shape index (κ3) is 4.04. The Labute approximate surface area is 160 Å². The predicted octanol–water partition coefficient (Wildman–Crippen LogP) is 5.16. The first-order valence-corrected chi connectivity index (χ1v) is 8.58. The summed E-state index contributed by atoms with van der Waals surface area (Å²) in [7, 11) is 0. The third-order valence-corrected chi connectivity index (χ3v) is 4.03. The lowest BCUT2D eigenvalue weighted by molar-refractivity contribution is 0.262. The summed E-state index contributed by atoms with van der Waals surface area (Å²) in [5.41, 5.74) is 2.70. The maximum Gasteiger partial charge on any atom is 0.323 e. The maximum atomic E-state index is 13.1. The van der Waals surface area contributed by atoms with E-state index >= 15 is 0 Å². The van der Waals surface area contributed by atoms with Crippen LogP contribution in [0.2, 0.25) is 0 Å². The molecule has 1 aromatic heterocycles. The van der Waals surface area contributed by atoms with Gasteiger partial charge >= 0.3 is 6.03 Å². The van der Waals surface area contributed by atoms with Crippen LogP contribution in [0.4, 0.5) is 32.1 Å². The smallest absolute Gasteiger partial charge is 0.323 e. The molecule has 1 heterocycles. The summed E-state index contributed by atoms with van der Waals surface area (Å²) in [4.78, 5) is 20.7. The van der Waals surface area contributed by atoms with Crippen molar-refractivity contribution in [3.63, 3.8) is 0 Å². The van der Waals surface area contributed by atoms with E-state index in [0.717, 1.165) is 5.39 Å². The van der Waals surface area contributed by atoms with Gasteiger partial charge in [0.25, 0.3) is 0 Å². The number of carbonyl (C=O) groups excluding carboxylic acids is 1. The molecule has 3 aromatic carbocycles. The van der Waals surface area contributed by atoms with Crippen molar-refractivity contribution in [3.8, 4) is 0 Å². The van der Waals surface area contributed by atoms with Gasteiger partial charge in [-0.2, -0.15) is 0 Å². The van der Waals surface area contributed by atoms with E-state index in [-0.39, 0.29) is 11.8 Å². The maximum absolute atomic E-state index is 13.1. The van der Waals surface area contributed by atoms with Crippen LogP contribution in [0.5, 0.6) is 0 Å². The molecule has 0 unspecified atom stereocenters. The molecule has 0 aliphatic carbocycles. The summed E-state index contributed by atoms with van der Waals surface area (Å²) < 4.78 is 13.1. The number of benzene rings is 3. The van der Waals surface area contributed by atoms with Crippen molar-refractivity contribution in [1.82, 2.24) is 9.97 Å². The Morgan fingerprint density at radius 3 is 2.29 bits per heavy atom. The number of carbonyl (C=O) groups is 1. The van der Waals surface area contributed by atoms with E-state index in [1.807, 2.05) is 18.2 Å². The fourth-order valence-electron chi connectivity index (χ4n) is 2.72. The number of urea groups is 1. The summed E-state index contributed by atoms with van der Waals surface area (Å²) in [5, 5.41) is 9.44. The van der Waals surface area contributed by atoms with Crippen LogP contribution < -0.4 is 16.0 Å². The molecule has 7 heteroatoms. The van der Waals surface area contributed by atoms with Gasteiger partial charge in [0, 0.05) is 22.4 Å². The van der Waals surface area contributed by atoms with Gasteiger partial charge in [-0.3, -0.25) is 0 Å². The molecular formula is C21H16FN5O. The number of rotatable bonds is 4. The number of hydrogen-bond donors (Lipinski definition) is 3. The van der Waals surface area contributed by atoms with Crippen LogP contribution in [-0.2, 0) is 0 Å². The minimum atomic E-state index is -0.351. The lowest BCUT2D eigenvalue weighted by Gasteiger charge is -2.11. The van der Waals surface area contributed by atoms with E-state index in [4.69, 9.17) is 0 Å². The van der Waals surface area contributed by atoms with Crippen molar-refractivity contribution >= 4 is 39.8 Å². The van der Waals surface area contributed by atoms with Crippen molar-refractivity contribution in [2.45, 2.75) is 0 Å². The van der Waals surface area contributed by atoms with Gasteiger partial charge in [0.05, 0.1) is 5.52 Å². The summed E-state index contributed by atoms with van der Waals surface area (Å²) in [5.74, 6) is 0.248. The van der Waals surface area contributed by atoms with Gasteiger partial charge in [-0.25, -0.2) is 19.2 Å². The van der Waals surface area contributed by atoms with E-state index in [1.54, 1.807) is 42.5 Å². The molecule has 0 atom stereocenters. The topological polar surface area (TPSA) is 78.9 Å². The minimum absolute atomic E-state index is 0.311. The number of halogens is 1. The fourth-order valence-corrected chi connectivity index (χ4v) is 2.72. The second-order valence-corrected chi connectivity index (χ2v) is 6.03. The Morgan fingerprint density at radius 2 is 1.50 bits per heavy atom. The molecule has 0 bridgehead atoms. The molecule has 2 amide bonds. The molecular weight excluding hydrogens is 357 g/mol. The summed E-state index contributed by atoms with van der Waals surface area (Å²) in [6.45, 7) is 0. The molecule has 4 rings (SSSR count). The Hall–Kier alpha value is -4.00. The van der Waals surface area contributed by atoms with Crippen molar-refractivity contribution < 1.29 is 9.18 Å². The number of amides is 2. The second kappa shape index (κ2) is 7.71. The Bertz CT molecular complexity index is 1120. The zero-order valence-electron chi connectivity index (χ0n) is 14.7. The highest BCUT2D eigenvalue weighted by molar-refractivity contribution is 6.02. The van der Waals surface area contributed by atoms with E-state index in [0.29, 0.717) is 28.4 Å². The van der Waals surface area contributed by atoms with Crippen LogP contribution in [-0.4, -0.2) is 16.0 Å². The molecule has 0 radical (unpaired) electrons. The standard InChI is InChI=1S/C21H16FN5O/c22-14-6-8-16(9-7-14)25-20-18-12-17(10-11-19(18)23-13-24-20)27-21(28)26-15-4-2-1-3-5-15/h1-13H,(H,23,24,25)(H2,26,27,28). The van der Waals surface area contributed by atoms with Gasteiger partial charge in [0.1, 0.15) is 18.0 Å². The largest absolute Gasteiger partial charge is 0.340 e. The van der Waals surface area contributed by atoms with E-state index in [2.05, 4.69) is 25.9 Å². The number of hydrogen-bond acceptors (Lipinski definition) is 4. The zero-order valence-corrected chi connectivity index (χ0v) is 14.7. The van der Waals surface area contributed by atoms with Crippen LogP contribution >= 0.6 is 0 Å². The Balaban J connectivity index is 1.57. The lowest BCUT2D eigenvalue weighted by Crippen LogP contribution is -2.19. The summed E-state index contributed by atoms with van der Waals surface area (Å²) in [6, 6.07) is 20.1. The summed E-state index contributed by atoms with van der Waals surface area (Å²) >= 11 is 0. The van der Waals surface area contributed by atoms with Gasteiger partial charge < -0.3 is 16.0 Å². The monoisotopic (exact) mass is 373 g/mol. The highest BCUT2D eigenvalue weighted by atomic mass is 19.1. The van der Waals surface area contributed by atoms with Crippen molar-refractivity contribution in [2.75, 3.05) is 16.0 Å². The second-order valence-electron chi connectivity index (χ2n) is 6.03. The summed E-state index contributed by atoms with van der Waals surface area (Å²) in [6.07, 6.45) is 1.45. The molecule has 3 N–H and O–H groups in total. The first-order chi connectivity index (χ1) is 13.7. The van der Waals surface area contributed by atoms with Crippen molar-refractivity contribution in [1.29, 1.82) is 0 Å². The van der Waals surface area contributed by atoms with Gasteiger partial charge in [-0.05, 0) is 54.6 Å². The third-order valence-electron chi connectivity index (χ3n) is 4.03. The molecule has 28 heavy (non-hydrogen) atoms. The molecule has 0 aliphatic rings. The molecule has 0 spiro atoms. The quantitative estimate of drug-likeness (QED) is 0.462. The molecule has 4 aromatic rings. The predicted molar refractivity (Wildman–Crippen MR) is 108 cm³/mol. The number of aromatic nitrogens is 2. The normalized spacial score (nSPS) is 10.5. The van der Waals surface area contributed by atoms with Crippen LogP contribution in [0.1, 0.15) is 0 Å². The van der Waals surface area contributed by atoms with Crippen LogP contribution in [0.3, 0.4) is 0 Å². The van der Waals surface area contributed by atoms with Gasteiger partial charge in [-0.15, -0.1) is 0 Å². The van der Waals surface area contributed by atoms with E-state index < -0.39 is 0 Å². The number of para-hydroxylation sites is 1. The van der Waals surface area contributed by atoms with Gasteiger partial charge in [0.2, 0.25) is 0 Å². The van der Waals surface area contributed by atoms with E-state index in [1.165, 1.54) is 18.5 Å². The molecule has 6 nitrogen and oxygen atoms in total. The fraction of sp³-hybridized carbons (Fsp3) is 0. The average Bonchev–Trinajstić information content (AvgIpc) is 2.71. The van der Waals surface area contributed by atoms with E-state index in [9.17, 15) is 9.18 Å². The van der Waals surface area contributed by atoms with Crippen LogP contribution in [0.15, 0.2) is 79.1 Å². The van der Waals surface area contributed by atoms with Crippen molar-refractivity contribution in [3.05, 3.63) is 84.9 Å². The highest BCUT2D eigenvalue weighted by Crippen LogP contribution is 2.26. The molecule has 0 fully saturated rings. The van der Waals surface area contributed by atoms with Crippen LogP contribution in [0.25, 0.3) is 10.9 Å². The lowest BCUT2D eigenvalue weighted by atomic mass is 10.2. The first-order valence-electron chi connectivity index (χ1n) is 8.58.